The fraction of sp³-hybridized carbons (Fsp3) is 0.0769. The lowest BCUT2D eigenvalue weighted by Gasteiger charge is -2.39. The van der Waals surface area contributed by atoms with Gasteiger partial charge in [-0.3, -0.25) is 9.59 Å². The van der Waals surface area contributed by atoms with Crippen molar-refractivity contribution in [1.29, 1.82) is 0 Å². The summed E-state index contributed by atoms with van der Waals surface area (Å²) < 4.78 is 2.04. The van der Waals surface area contributed by atoms with Crippen LogP contribution < -0.4 is 4.90 Å². The van der Waals surface area contributed by atoms with Gasteiger partial charge in [-0.1, -0.05) is 117 Å². The fourth-order valence-electron chi connectivity index (χ4n) is 7.04. The molecule has 2 atom stereocenters. The molecular formula is C39H27Br2NO2. The van der Waals surface area contributed by atoms with Crippen LogP contribution in [0.5, 0.6) is 0 Å². The molecule has 0 fully saturated rings. The van der Waals surface area contributed by atoms with Crippen LogP contribution in [-0.4, -0.2) is 12.6 Å². The Labute approximate surface area is 273 Å². The molecule has 0 N–H and O–H groups in total. The van der Waals surface area contributed by atoms with E-state index in [0.717, 1.165) is 49.7 Å². The molecule has 0 saturated heterocycles. The lowest BCUT2D eigenvalue weighted by Crippen LogP contribution is -2.35. The average molecular weight is 701 g/mol. The van der Waals surface area contributed by atoms with Gasteiger partial charge < -0.3 is 4.90 Å². The van der Waals surface area contributed by atoms with E-state index in [2.05, 4.69) is 152 Å². The van der Waals surface area contributed by atoms with E-state index >= 15 is 0 Å². The highest BCUT2D eigenvalue weighted by atomic mass is 79.9. The Morgan fingerprint density at radius 1 is 0.591 bits per heavy atom. The highest BCUT2D eigenvalue weighted by Crippen LogP contribution is 2.62. The number of nitrogens with zero attached hydrogens (tertiary/aromatic N) is 1. The lowest BCUT2D eigenvalue weighted by atomic mass is 9.63. The fourth-order valence-corrected chi connectivity index (χ4v) is 7.57. The zero-order chi connectivity index (χ0) is 30.3. The van der Waals surface area contributed by atoms with Gasteiger partial charge in [-0.05, 0) is 76.9 Å². The van der Waals surface area contributed by atoms with E-state index < -0.39 is 5.41 Å². The maximum Gasteiger partial charge on any atom is 0.150 e. The van der Waals surface area contributed by atoms with E-state index in [-0.39, 0.29) is 11.8 Å². The van der Waals surface area contributed by atoms with Gasteiger partial charge in [0.2, 0.25) is 0 Å². The Balaban J connectivity index is 1.55. The van der Waals surface area contributed by atoms with Gasteiger partial charge in [-0.2, -0.15) is 0 Å². The number of carbonyl (C=O) groups is 2. The third-order valence-corrected chi connectivity index (χ3v) is 9.95. The summed E-state index contributed by atoms with van der Waals surface area (Å²) >= 11 is 7.23. The third kappa shape index (κ3) is 4.63. The quantitative estimate of drug-likeness (QED) is 0.159. The molecule has 44 heavy (non-hydrogen) atoms. The van der Waals surface area contributed by atoms with Gasteiger partial charge in [-0.25, -0.2) is 0 Å². The minimum atomic E-state index is -0.564. The number of rotatable bonds is 7. The van der Waals surface area contributed by atoms with Gasteiger partial charge in [0.25, 0.3) is 0 Å². The standard InChI is InChI=1S/C39H27Br2NO2/c40-30-16-20-32(21-17-30)42(33-22-18-31(41)19-23-33)37-7-3-6-36-38(37)34-4-1-2-5-35(34)39(36,28-12-8-26(24-43)9-13-28)29-14-10-27(25-44)11-15-29/h1-25,34-35H. The van der Waals surface area contributed by atoms with Crippen LogP contribution in [-0.2, 0) is 5.41 Å². The second-order valence-electron chi connectivity index (χ2n) is 11.1. The summed E-state index contributed by atoms with van der Waals surface area (Å²) in [5.41, 5.74) is 8.60. The van der Waals surface area contributed by atoms with Crippen LogP contribution in [0.25, 0.3) is 0 Å². The number of fused-ring (bicyclic) bond motifs is 3. The van der Waals surface area contributed by atoms with Gasteiger partial charge in [0, 0.05) is 43.3 Å². The second-order valence-corrected chi connectivity index (χ2v) is 13.0. The average Bonchev–Trinajstić information content (AvgIpc) is 3.38. The molecule has 5 heteroatoms. The number of carbonyl (C=O) groups excluding carboxylic acids is 2. The summed E-state index contributed by atoms with van der Waals surface area (Å²) in [6, 6.07) is 39.4. The highest BCUT2D eigenvalue weighted by Gasteiger charge is 2.54. The Hall–Kier alpha value is -4.32. The maximum absolute atomic E-state index is 11.7. The van der Waals surface area contributed by atoms with E-state index in [1.807, 2.05) is 24.3 Å². The molecule has 0 radical (unpaired) electrons. The van der Waals surface area contributed by atoms with E-state index in [9.17, 15) is 9.59 Å². The van der Waals surface area contributed by atoms with Crippen LogP contribution in [0, 0.1) is 5.92 Å². The molecule has 5 aromatic carbocycles. The highest BCUT2D eigenvalue weighted by molar-refractivity contribution is 9.10. The largest absolute Gasteiger partial charge is 0.310 e. The molecular weight excluding hydrogens is 674 g/mol. The summed E-state index contributed by atoms with van der Waals surface area (Å²) in [5, 5.41) is 0. The van der Waals surface area contributed by atoms with E-state index in [0.29, 0.717) is 11.1 Å². The van der Waals surface area contributed by atoms with Crippen LogP contribution in [0.4, 0.5) is 17.1 Å². The first-order chi connectivity index (χ1) is 21.5. The molecule has 0 amide bonds. The molecule has 7 rings (SSSR count). The number of aldehydes is 2. The van der Waals surface area contributed by atoms with Crippen molar-refractivity contribution in [2.24, 2.45) is 5.92 Å². The second kappa shape index (κ2) is 11.6. The number of hydrogen-bond donors (Lipinski definition) is 0. The van der Waals surface area contributed by atoms with Crippen molar-refractivity contribution >= 4 is 61.5 Å². The summed E-state index contributed by atoms with van der Waals surface area (Å²) in [5.74, 6) is 0.139. The SMILES string of the molecule is O=Cc1ccc(C2(c3ccc(C=O)cc3)c3cccc(N(c4ccc(Br)cc4)c4ccc(Br)cc4)c3C3C=CC=CC32)cc1. The van der Waals surface area contributed by atoms with Crippen molar-refractivity contribution in [1.82, 2.24) is 0 Å². The van der Waals surface area contributed by atoms with E-state index in [4.69, 9.17) is 0 Å². The van der Waals surface area contributed by atoms with Gasteiger partial charge in [0.15, 0.2) is 0 Å². The minimum Gasteiger partial charge on any atom is -0.310 e. The predicted octanol–water partition coefficient (Wildman–Crippen LogP) is 10.5. The molecule has 0 aromatic heterocycles. The summed E-state index contributed by atoms with van der Waals surface area (Å²) in [6.07, 6.45) is 10.7. The van der Waals surface area contributed by atoms with Crippen LogP contribution >= 0.6 is 31.9 Å². The van der Waals surface area contributed by atoms with Crippen molar-refractivity contribution in [2.45, 2.75) is 11.3 Å². The number of hydrogen-bond acceptors (Lipinski definition) is 3. The third-order valence-electron chi connectivity index (χ3n) is 8.89. The van der Waals surface area contributed by atoms with Gasteiger partial charge in [-0.15, -0.1) is 0 Å². The molecule has 214 valence electrons. The number of halogens is 2. The molecule has 0 saturated carbocycles. The first kappa shape index (κ1) is 28.5. The first-order valence-electron chi connectivity index (χ1n) is 14.5. The Bertz CT molecular complexity index is 1810. The number of allylic oxidation sites excluding steroid dienone is 4. The zero-order valence-electron chi connectivity index (χ0n) is 23.6. The summed E-state index contributed by atoms with van der Waals surface area (Å²) in [7, 11) is 0. The van der Waals surface area contributed by atoms with Crippen molar-refractivity contribution in [3.63, 3.8) is 0 Å². The minimum absolute atomic E-state index is 0.0597. The van der Waals surface area contributed by atoms with Gasteiger partial charge in [0.1, 0.15) is 12.6 Å². The molecule has 2 unspecified atom stereocenters. The Morgan fingerprint density at radius 3 is 1.59 bits per heavy atom. The molecule has 0 bridgehead atoms. The van der Waals surface area contributed by atoms with Crippen LogP contribution in [0.1, 0.15) is 48.9 Å². The molecule has 2 aliphatic carbocycles. The van der Waals surface area contributed by atoms with Crippen molar-refractivity contribution in [3.8, 4) is 0 Å². The smallest absolute Gasteiger partial charge is 0.150 e. The molecule has 2 aliphatic rings. The van der Waals surface area contributed by atoms with Crippen LogP contribution in [0.15, 0.2) is 149 Å². The Morgan fingerprint density at radius 2 is 1.09 bits per heavy atom. The van der Waals surface area contributed by atoms with Crippen molar-refractivity contribution in [3.05, 3.63) is 182 Å². The van der Waals surface area contributed by atoms with E-state index in [1.165, 1.54) is 11.1 Å². The molecule has 0 heterocycles. The monoisotopic (exact) mass is 699 g/mol. The predicted molar refractivity (Wildman–Crippen MR) is 185 cm³/mol. The zero-order valence-corrected chi connectivity index (χ0v) is 26.8. The van der Waals surface area contributed by atoms with Crippen LogP contribution in [0.2, 0.25) is 0 Å². The van der Waals surface area contributed by atoms with Crippen molar-refractivity contribution in [2.75, 3.05) is 4.90 Å². The molecule has 5 aromatic rings. The summed E-state index contributed by atoms with van der Waals surface area (Å²) in [6.45, 7) is 0. The molecule has 0 aliphatic heterocycles. The van der Waals surface area contributed by atoms with Crippen LogP contribution in [0.3, 0.4) is 0 Å². The molecule has 0 spiro atoms. The van der Waals surface area contributed by atoms with Crippen molar-refractivity contribution < 1.29 is 9.59 Å². The topological polar surface area (TPSA) is 37.4 Å². The lowest BCUT2D eigenvalue weighted by molar-refractivity contribution is 0.111. The first-order valence-corrected chi connectivity index (χ1v) is 16.0. The normalized spacial score (nSPS) is 17.5. The number of benzene rings is 5. The number of anilines is 3. The maximum atomic E-state index is 11.7. The molecule has 3 nitrogen and oxygen atoms in total. The van der Waals surface area contributed by atoms with Gasteiger partial charge in [0.05, 0.1) is 11.1 Å². The Kier molecular flexibility index (Phi) is 7.53. The summed E-state index contributed by atoms with van der Waals surface area (Å²) in [4.78, 5) is 25.6. The van der Waals surface area contributed by atoms with E-state index in [1.54, 1.807) is 0 Å². The van der Waals surface area contributed by atoms with Gasteiger partial charge >= 0.3 is 0 Å².